The number of aromatic nitrogens is 3. The quantitative estimate of drug-likeness (QED) is 0.776. The maximum absolute atomic E-state index is 6.05. The maximum atomic E-state index is 6.05. The van der Waals surface area contributed by atoms with Gasteiger partial charge >= 0.3 is 0 Å². The Morgan fingerprint density at radius 2 is 1.90 bits per heavy atom. The predicted molar refractivity (Wildman–Crippen MR) is 87.3 cm³/mol. The van der Waals surface area contributed by atoms with Crippen LogP contribution in [0.4, 0.5) is 10.8 Å². The van der Waals surface area contributed by atoms with Crippen molar-refractivity contribution in [1.82, 2.24) is 15.0 Å². The predicted octanol–water partition coefficient (Wildman–Crippen LogP) is 3.20. The molecular formula is C15H15N5S. The van der Waals surface area contributed by atoms with Gasteiger partial charge in [0, 0.05) is 12.6 Å². The number of nitrogens with one attached hydrogen (secondary N) is 1. The minimum Gasteiger partial charge on any atom is -0.396 e. The molecule has 0 bridgehead atoms. The molecule has 2 aromatic heterocycles. The van der Waals surface area contributed by atoms with E-state index in [0.29, 0.717) is 11.5 Å². The lowest BCUT2D eigenvalue weighted by Crippen LogP contribution is -1.98. The van der Waals surface area contributed by atoms with E-state index in [0.717, 1.165) is 27.0 Å². The second-order valence-electron chi connectivity index (χ2n) is 4.55. The van der Waals surface area contributed by atoms with Crippen LogP contribution in [0.3, 0.4) is 0 Å². The van der Waals surface area contributed by atoms with Crippen LogP contribution in [0.15, 0.2) is 36.5 Å². The van der Waals surface area contributed by atoms with Crippen LogP contribution in [0.1, 0.15) is 5.69 Å². The van der Waals surface area contributed by atoms with Crippen molar-refractivity contribution in [3.63, 3.8) is 0 Å². The maximum Gasteiger partial charge on any atom is 0.183 e. The molecule has 0 radical (unpaired) electrons. The highest BCUT2D eigenvalue weighted by molar-refractivity contribution is 7.19. The second-order valence-corrected chi connectivity index (χ2v) is 5.55. The van der Waals surface area contributed by atoms with Gasteiger partial charge in [0.25, 0.3) is 0 Å². The summed E-state index contributed by atoms with van der Waals surface area (Å²) in [7, 11) is 1.85. The number of hydrogen-bond acceptors (Lipinski definition) is 6. The fraction of sp³-hybridized carbons (Fsp3) is 0.133. The highest BCUT2D eigenvalue weighted by Crippen LogP contribution is 2.35. The highest BCUT2D eigenvalue weighted by atomic mass is 32.1. The Bertz CT molecular complexity index is 767. The summed E-state index contributed by atoms with van der Waals surface area (Å²) in [6.45, 7) is 1.95. The zero-order valence-corrected chi connectivity index (χ0v) is 12.6. The molecule has 5 nitrogen and oxygen atoms in total. The molecule has 0 aliphatic heterocycles. The minimum absolute atomic E-state index is 0.559. The van der Waals surface area contributed by atoms with Crippen LogP contribution >= 0.6 is 11.3 Å². The van der Waals surface area contributed by atoms with Gasteiger partial charge in [0.05, 0.1) is 22.5 Å². The van der Waals surface area contributed by atoms with Crippen molar-refractivity contribution in [3.05, 3.63) is 42.2 Å². The molecule has 0 aliphatic carbocycles. The molecule has 0 atom stereocenters. The van der Waals surface area contributed by atoms with Crippen LogP contribution in [0.5, 0.6) is 0 Å². The number of nitrogen functional groups attached to an aromatic ring is 1. The Labute approximate surface area is 126 Å². The van der Waals surface area contributed by atoms with Gasteiger partial charge in [0.1, 0.15) is 5.69 Å². The summed E-state index contributed by atoms with van der Waals surface area (Å²) in [6.07, 6.45) is 1.66. The number of benzene rings is 1. The second kappa shape index (κ2) is 5.49. The molecular weight excluding hydrogens is 282 g/mol. The van der Waals surface area contributed by atoms with E-state index in [4.69, 9.17) is 5.73 Å². The van der Waals surface area contributed by atoms with Gasteiger partial charge in [0.2, 0.25) is 0 Å². The molecule has 0 saturated carbocycles. The van der Waals surface area contributed by atoms with Crippen molar-refractivity contribution in [2.45, 2.75) is 6.92 Å². The van der Waals surface area contributed by atoms with Crippen LogP contribution in [-0.2, 0) is 0 Å². The van der Waals surface area contributed by atoms with Crippen LogP contribution in [0.2, 0.25) is 0 Å². The highest BCUT2D eigenvalue weighted by Gasteiger charge is 2.15. The molecule has 1 aromatic carbocycles. The molecule has 0 fully saturated rings. The van der Waals surface area contributed by atoms with Gasteiger partial charge in [0.15, 0.2) is 11.0 Å². The molecule has 0 unspecified atom stereocenters. The summed E-state index contributed by atoms with van der Waals surface area (Å²) >= 11 is 1.54. The van der Waals surface area contributed by atoms with Gasteiger partial charge in [-0.3, -0.25) is 0 Å². The smallest absolute Gasteiger partial charge is 0.183 e. The van der Waals surface area contributed by atoms with Gasteiger partial charge in [-0.25, -0.2) is 15.0 Å². The van der Waals surface area contributed by atoms with Crippen LogP contribution in [-0.4, -0.2) is 22.0 Å². The number of nitrogens with two attached hydrogens (primary N) is 1. The third kappa shape index (κ3) is 2.57. The average molecular weight is 297 g/mol. The van der Waals surface area contributed by atoms with E-state index < -0.39 is 0 Å². The molecule has 0 spiro atoms. The van der Waals surface area contributed by atoms with E-state index in [-0.39, 0.29) is 0 Å². The molecule has 6 heteroatoms. The lowest BCUT2D eigenvalue weighted by Gasteiger charge is -2.06. The van der Waals surface area contributed by atoms with E-state index in [9.17, 15) is 0 Å². The Morgan fingerprint density at radius 3 is 2.57 bits per heavy atom. The normalized spacial score (nSPS) is 10.6. The largest absolute Gasteiger partial charge is 0.396 e. The fourth-order valence-electron chi connectivity index (χ4n) is 2.02. The van der Waals surface area contributed by atoms with E-state index in [1.807, 2.05) is 44.3 Å². The van der Waals surface area contributed by atoms with Crippen LogP contribution in [0, 0.1) is 6.92 Å². The van der Waals surface area contributed by atoms with Crippen LogP contribution < -0.4 is 11.1 Å². The van der Waals surface area contributed by atoms with E-state index in [1.165, 1.54) is 11.3 Å². The number of nitrogens with zero attached hydrogens (tertiary/aromatic N) is 3. The first kappa shape index (κ1) is 13.5. The zero-order valence-electron chi connectivity index (χ0n) is 11.8. The van der Waals surface area contributed by atoms with Crippen molar-refractivity contribution < 1.29 is 0 Å². The first-order valence-electron chi connectivity index (χ1n) is 6.52. The van der Waals surface area contributed by atoms with Crippen molar-refractivity contribution in [3.8, 4) is 22.0 Å². The Kier molecular flexibility index (Phi) is 3.53. The van der Waals surface area contributed by atoms with E-state index in [2.05, 4.69) is 20.3 Å². The summed E-state index contributed by atoms with van der Waals surface area (Å²) < 4.78 is 0. The van der Waals surface area contributed by atoms with Gasteiger partial charge in [-0.1, -0.05) is 41.7 Å². The topological polar surface area (TPSA) is 76.7 Å². The standard InChI is InChI=1S/C15H15N5S/c1-9-13(21-15(17-2)19-9)12-11(16)8-18-14(20-12)10-6-4-3-5-7-10/h3-8H,16H2,1-2H3,(H,17,19). The molecule has 2 heterocycles. The van der Waals surface area contributed by atoms with Gasteiger partial charge < -0.3 is 11.1 Å². The third-order valence-electron chi connectivity index (χ3n) is 3.07. The first-order valence-corrected chi connectivity index (χ1v) is 7.34. The summed E-state index contributed by atoms with van der Waals surface area (Å²) in [5, 5.41) is 3.90. The summed E-state index contributed by atoms with van der Waals surface area (Å²) in [5.74, 6) is 0.665. The van der Waals surface area contributed by atoms with Crippen molar-refractivity contribution in [1.29, 1.82) is 0 Å². The SMILES string of the molecule is CNc1nc(C)c(-c2nc(-c3ccccc3)ncc2N)s1. The number of hydrogen-bond donors (Lipinski definition) is 2. The van der Waals surface area contributed by atoms with Gasteiger partial charge in [-0.05, 0) is 6.92 Å². The lowest BCUT2D eigenvalue weighted by atomic mass is 10.2. The van der Waals surface area contributed by atoms with Gasteiger partial charge in [-0.15, -0.1) is 0 Å². The number of aryl methyl sites for hydroxylation is 1. The zero-order chi connectivity index (χ0) is 14.8. The number of anilines is 2. The van der Waals surface area contributed by atoms with Gasteiger partial charge in [-0.2, -0.15) is 0 Å². The van der Waals surface area contributed by atoms with Crippen molar-refractivity contribution >= 4 is 22.2 Å². The Balaban J connectivity index is 2.12. The molecule has 3 aromatic rings. The lowest BCUT2D eigenvalue weighted by molar-refractivity contribution is 1.18. The van der Waals surface area contributed by atoms with Crippen LogP contribution in [0.25, 0.3) is 22.0 Å². The third-order valence-corrected chi connectivity index (χ3v) is 4.26. The average Bonchev–Trinajstić information content (AvgIpc) is 2.90. The Morgan fingerprint density at radius 1 is 1.14 bits per heavy atom. The van der Waals surface area contributed by atoms with Crippen molar-refractivity contribution in [2.24, 2.45) is 0 Å². The molecule has 3 rings (SSSR count). The first-order chi connectivity index (χ1) is 10.2. The monoisotopic (exact) mass is 297 g/mol. The molecule has 0 aliphatic rings. The molecule has 0 amide bonds. The fourth-order valence-corrected chi connectivity index (χ4v) is 2.95. The molecule has 106 valence electrons. The molecule has 3 N–H and O–H groups in total. The van der Waals surface area contributed by atoms with Crippen molar-refractivity contribution in [2.75, 3.05) is 18.1 Å². The summed E-state index contributed by atoms with van der Waals surface area (Å²) in [5.41, 5.74) is 9.23. The number of thiazole rings is 1. The van der Waals surface area contributed by atoms with E-state index in [1.54, 1.807) is 6.20 Å². The Hall–Kier alpha value is -2.47. The molecule has 21 heavy (non-hydrogen) atoms. The van der Waals surface area contributed by atoms with E-state index >= 15 is 0 Å². The summed E-state index contributed by atoms with van der Waals surface area (Å²) in [4.78, 5) is 14.4. The summed E-state index contributed by atoms with van der Waals surface area (Å²) in [6, 6.07) is 9.85. The number of rotatable bonds is 3. The minimum atomic E-state index is 0.559. The molecule has 0 saturated heterocycles.